The van der Waals surface area contributed by atoms with Gasteiger partial charge in [-0.25, -0.2) is 0 Å². The Morgan fingerprint density at radius 3 is 1.28 bits per heavy atom. The number of hydrogen-bond acceptors (Lipinski definition) is 4. The van der Waals surface area contributed by atoms with Crippen molar-refractivity contribution in [3.05, 3.63) is 94.0 Å². The van der Waals surface area contributed by atoms with Crippen LogP contribution >= 0.6 is 0 Å². The van der Waals surface area contributed by atoms with Gasteiger partial charge < -0.3 is 19.7 Å². The van der Waals surface area contributed by atoms with Gasteiger partial charge in [-0.15, -0.1) is 0 Å². The van der Waals surface area contributed by atoms with Crippen LogP contribution in [0.25, 0.3) is 0 Å². The number of hydrogen-bond donors (Lipinski definition) is 2. The Balaban J connectivity index is 1.87. The lowest BCUT2D eigenvalue weighted by molar-refractivity contribution is 0.299. The van der Waals surface area contributed by atoms with Gasteiger partial charge >= 0.3 is 0 Å². The molecule has 3 aromatic carbocycles. The van der Waals surface area contributed by atoms with Gasteiger partial charge in [-0.05, 0) is 48.2 Å². The van der Waals surface area contributed by atoms with Crippen molar-refractivity contribution in [2.45, 2.75) is 12.8 Å². The molecule has 2 N–H and O–H groups in total. The summed E-state index contributed by atoms with van der Waals surface area (Å²) < 4.78 is 11.1. The van der Waals surface area contributed by atoms with Gasteiger partial charge in [0.05, 0.1) is 25.3 Å². The standard InChI is InChI=1S/C28H26O4/c1-31-27-19-26(14-12-22-5-9-24(10-6-22)16-18-30)28(32-2)20-25(27)13-11-21-3-7-23(8-4-21)15-17-29/h3-10,19-20,29-30H,15-18H2,1-2H3. The lowest BCUT2D eigenvalue weighted by Crippen LogP contribution is -1.94. The zero-order chi connectivity index (χ0) is 22.8. The van der Waals surface area contributed by atoms with Gasteiger partial charge in [0.15, 0.2) is 0 Å². The molecule has 32 heavy (non-hydrogen) atoms. The van der Waals surface area contributed by atoms with E-state index in [2.05, 4.69) is 23.7 Å². The summed E-state index contributed by atoms with van der Waals surface area (Å²) in [5.41, 5.74) is 5.32. The van der Waals surface area contributed by atoms with Crippen molar-refractivity contribution in [3.63, 3.8) is 0 Å². The Bertz CT molecular complexity index is 1060. The van der Waals surface area contributed by atoms with Gasteiger partial charge in [0, 0.05) is 36.5 Å². The third-order valence-electron chi connectivity index (χ3n) is 4.91. The maximum absolute atomic E-state index is 9.03. The SMILES string of the molecule is COc1cc(C#Cc2ccc(CCO)cc2)c(OC)cc1C#Cc1ccc(CCO)cc1. The van der Waals surface area contributed by atoms with E-state index < -0.39 is 0 Å². The molecular weight excluding hydrogens is 400 g/mol. The first-order valence-electron chi connectivity index (χ1n) is 10.4. The van der Waals surface area contributed by atoms with E-state index in [1.54, 1.807) is 14.2 Å². The largest absolute Gasteiger partial charge is 0.495 e. The predicted molar refractivity (Wildman–Crippen MR) is 126 cm³/mol. The zero-order valence-corrected chi connectivity index (χ0v) is 18.3. The van der Waals surface area contributed by atoms with E-state index in [9.17, 15) is 0 Å². The maximum atomic E-state index is 9.03. The van der Waals surface area contributed by atoms with Gasteiger partial charge in [0.1, 0.15) is 11.5 Å². The molecule has 0 amide bonds. The summed E-state index contributed by atoms with van der Waals surface area (Å²) in [5.74, 6) is 13.8. The van der Waals surface area contributed by atoms with Gasteiger partial charge in [-0.2, -0.15) is 0 Å². The molecule has 0 aliphatic rings. The van der Waals surface area contributed by atoms with E-state index >= 15 is 0 Å². The summed E-state index contributed by atoms with van der Waals surface area (Å²) in [4.78, 5) is 0. The molecule has 0 atom stereocenters. The minimum Gasteiger partial charge on any atom is -0.495 e. The van der Waals surface area contributed by atoms with Gasteiger partial charge in [0.25, 0.3) is 0 Å². The van der Waals surface area contributed by atoms with Crippen LogP contribution in [0, 0.1) is 23.7 Å². The molecule has 0 aliphatic carbocycles. The molecule has 3 rings (SSSR count). The molecule has 0 aromatic heterocycles. The van der Waals surface area contributed by atoms with Gasteiger partial charge in [-0.3, -0.25) is 0 Å². The van der Waals surface area contributed by atoms with E-state index in [0.717, 1.165) is 22.3 Å². The van der Waals surface area contributed by atoms with Crippen LogP contribution in [0.15, 0.2) is 60.7 Å². The molecule has 0 saturated carbocycles. The van der Waals surface area contributed by atoms with Crippen molar-refractivity contribution in [2.75, 3.05) is 27.4 Å². The number of rotatable bonds is 6. The Labute approximate surface area is 189 Å². The summed E-state index contributed by atoms with van der Waals surface area (Å²) in [5, 5.41) is 18.1. The smallest absolute Gasteiger partial charge is 0.136 e. The number of aliphatic hydroxyl groups is 2. The number of benzene rings is 3. The van der Waals surface area contributed by atoms with E-state index in [1.165, 1.54) is 0 Å². The average Bonchev–Trinajstić information content (AvgIpc) is 2.83. The molecule has 0 radical (unpaired) electrons. The Hall–Kier alpha value is -3.70. The van der Waals surface area contributed by atoms with Crippen LogP contribution in [0.4, 0.5) is 0 Å². The predicted octanol–water partition coefficient (Wildman–Crippen LogP) is 3.57. The lowest BCUT2D eigenvalue weighted by atomic mass is 10.1. The molecule has 0 bridgehead atoms. The normalized spacial score (nSPS) is 9.88. The van der Waals surface area contributed by atoms with Crippen LogP contribution in [0.3, 0.4) is 0 Å². The van der Waals surface area contributed by atoms with E-state index in [-0.39, 0.29) is 13.2 Å². The number of ether oxygens (including phenoxy) is 2. The zero-order valence-electron chi connectivity index (χ0n) is 18.3. The Kier molecular flexibility index (Phi) is 8.35. The maximum Gasteiger partial charge on any atom is 0.136 e. The van der Waals surface area contributed by atoms with Crippen molar-refractivity contribution in [3.8, 4) is 35.2 Å². The summed E-state index contributed by atoms with van der Waals surface area (Å²) in [6, 6.07) is 19.3. The number of methoxy groups -OCH3 is 2. The summed E-state index contributed by atoms with van der Waals surface area (Å²) >= 11 is 0. The topological polar surface area (TPSA) is 58.9 Å². The summed E-state index contributed by atoms with van der Waals surface area (Å²) in [6.45, 7) is 0.262. The summed E-state index contributed by atoms with van der Waals surface area (Å²) in [6.07, 6.45) is 1.27. The van der Waals surface area contributed by atoms with Crippen molar-refractivity contribution < 1.29 is 19.7 Å². The first-order chi connectivity index (χ1) is 15.7. The van der Waals surface area contributed by atoms with Gasteiger partial charge in [0.2, 0.25) is 0 Å². The first-order valence-corrected chi connectivity index (χ1v) is 10.4. The molecule has 4 nitrogen and oxygen atoms in total. The highest BCUT2D eigenvalue weighted by atomic mass is 16.5. The van der Waals surface area contributed by atoms with Crippen LogP contribution in [0.2, 0.25) is 0 Å². The minimum atomic E-state index is 0.131. The van der Waals surface area contributed by atoms with Crippen LogP contribution < -0.4 is 9.47 Å². The Morgan fingerprint density at radius 2 is 0.969 bits per heavy atom. The fourth-order valence-corrected chi connectivity index (χ4v) is 3.14. The first kappa shape index (κ1) is 23.0. The fraction of sp³-hybridized carbons (Fsp3) is 0.214. The molecule has 0 aliphatic heterocycles. The molecule has 0 heterocycles. The van der Waals surface area contributed by atoms with E-state index in [1.807, 2.05) is 60.7 Å². The molecule has 3 aromatic rings. The molecular formula is C28H26O4. The molecule has 0 spiro atoms. The number of aliphatic hydroxyl groups excluding tert-OH is 2. The van der Waals surface area contributed by atoms with Crippen molar-refractivity contribution in [1.29, 1.82) is 0 Å². The second-order valence-corrected chi connectivity index (χ2v) is 7.09. The molecule has 162 valence electrons. The van der Waals surface area contributed by atoms with Gasteiger partial charge in [-0.1, -0.05) is 47.9 Å². The average molecular weight is 427 g/mol. The second-order valence-electron chi connectivity index (χ2n) is 7.09. The highest BCUT2D eigenvalue weighted by Crippen LogP contribution is 2.28. The van der Waals surface area contributed by atoms with Crippen molar-refractivity contribution in [2.24, 2.45) is 0 Å². The van der Waals surface area contributed by atoms with Crippen molar-refractivity contribution in [1.82, 2.24) is 0 Å². The van der Waals surface area contributed by atoms with E-state index in [4.69, 9.17) is 19.7 Å². The van der Waals surface area contributed by atoms with Crippen LogP contribution in [-0.4, -0.2) is 37.6 Å². The monoisotopic (exact) mass is 426 g/mol. The lowest BCUT2D eigenvalue weighted by Gasteiger charge is -2.09. The third kappa shape index (κ3) is 6.15. The third-order valence-corrected chi connectivity index (χ3v) is 4.91. The highest BCUT2D eigenvalue weighted by Gasteiger charge is 2.09. The van der Waals surface area contributed by atoms with Crippen LogP contribution in [0.1, 0.15) is 33.4 Å². The van der Waals surface area contributed by atoms with Crippen LogP contribution in [-0.2, 0) is 12.8 Å². The quantitative estimate of drug-likeness (QED) is 0.592. The minimum absolute atomic E-state index is 0.131. The molecule has 0 fully saturated rings. The van der Waals surface area contributed by atoms with Crippen molar-refractivity contribution >= 4 is 0 Å². The molecule has 0 saturated heterocycles. The van der Waals surface area contributed by atoms with Crippen LogP contribution in [0.5, 0.6) is 11.5 Å². The molecule has 4 heteroatoms. The summed E-state index contributed by atoms with van der Waals surface area (Å²) in [7, 11) is 3.21. The molecule has 0 unspecified atom stereocenters. The fourth-order valence-electron chi connectivity index (χ4n) is 3.14. The Morgan fingerprint density at radius 1 is 0.594 bits per heavy atom. The highest BCUT2D eigenvalue weighted by molar-refractivity contribution is 5.60. The van der Waals surface area contributed by atoms with E-state index in [0.29, 0.717) is 35.5 Å². The second kappa shape index (κ2) is 11.6.